The maximum absolute atomic E-state index is 11.3. The van der Waals surface area contributed by atoms with Crippen molar-refractivity contribution in [3.63, 3.8) is 0 Å². The van der Waals surface area contributed by atoms with Crippen LogP contribution in [0.1, 0.15) is 27.8 Å². The number of benzene rings is 1. The largest absolute Gasteiger partial charge is 0.478 e. The molecule has 86 valence electrons. The molecule has 0 unspecified atom stereocenters. The van der Waals surface area contributed by atoms with Gasteiger partial charge in [-0.25, -0.2) is 4.79 Å². The molecule has 1 heterocycles. The fourth-order valence-electron chi connectivity index (χ4n) is 1.60. The number of hydrogen-bond donors (Lipinski definition) is 1. The van der Waals surface area contributed by atoms with Crippen LogP contribution in [-0.4, -0.2) is 16.9 Å². The summed E-state index contributed by atoms with van der Waals surface area (Å²) in [5.41, 5.74) is 1.64. The molecule has 0 bridgehead atoms. The lowest BCUT2D eigenvalue weighted by molar-refractivity contribution is 0.0696. The van der Waals surface area contributed by atoms with E-state index in [0.29, 0.717) is 5.56 Å². The molecule has 4 heteroatoms. The maximum atomic E-state index is 11.3. The van der Waals surface area contributed by atoms with Crippen molar-refractivity contribution in [3.8, 4) is 11.1 Å². The minimum absolute atomic E-state index is 0.160. The van der Waals surface area contributed by atoms with Crippen LogP contribution in [0.2, 0.25) is 0 Å². The number of hydrogen-bond acceptors (Lipinski definition) is 3. The van der Waals surface area contributed by atoms with E-state index in [1.807, 2.05) is 0 Å². The summed E-state index contributed by atoms with van der Waals surface area (Å²) in [6, 6.07) is 7.98. The van der Waals surface area contributed by atoms with Crippen LogP contribution in [0.4, 0.5) is 0 Å². The third-order valence-electron chi connectivity index (χ3n) is 2.43. The monoisotopic (exact) mass is 230 g/mol. The first-order valence-corrected chi connectivity index (χ1v) is 5.02. The van der Waals surface area contributed by atoms with E-state index in [1.165, 1.54) is 25.3 Å². The van der Waals surface area contributed by atoms with Crippen LogP contribution in [0.3, 0.4) is 0 Å². The summed E-state index contributed by atoms with van der Waals surface area (Å²) in [6.45, 7) is 1.42. The average Bonchev–Trinajstić information content (AvgIpc) is 2.78. The molecule has 0 aliphatic rings. The summed E-state index contributed by atoms with van der Waals surface area (Å²) in [5, 5.41) is 8.78. The lowest BCUT2D eigenvalue weighted by Gasteiger charge is -2.00. The lowest BCUT2D eigenvalue weighted by atomic mass is 10.0. The van der Waals surface area contributed by atoms with Crippen molar-refractivity contribution in [1.29, 1.82) is 0 Å². The molecule has 0 saturated carbocycles. The van der Waals surface area contributed by atoms with Gasteiger partial charge in [-0.1, -0.05) is 12.1 Å². The summed E-state index contributed by atoms with van der Waals surface area (Å²) in [6.07, 6.45) is 1.44. The number of carbonyl (C=O) groups is 2. The van der Waals surface area contributed by atoms with Crippen LogP contribution < -0.4 is 0 Å². The first-order chi connectivity index (χ1) is 8.09. The van der Waals surface area contributed by atoms with Gasteiger partial charge in [0.2, 0.25) is 0 Å². The van der Waals surface area contributed by atoms with Crippen LogP contribution in [0.25, 0.3) is 11.1 Å². The lowest BCUT2D eigenvalue weighted by Crippen LogP contribution is -1.96. The molecule has 0 atom stereocenters. The highest BCUT2D eigenvalue weighted by Gasteiger charge is 2.13. The first kappa shape index (κ1) is 11.1. The number of ketones is 1. The van der Waals surface area contributed by atoms with Crippen molar-refractivity contribution < 1.29 is 19.1 Å². The van der Waals surface area contributed by atoms with E-state index in [2.05, 4.69) is 0 Å². The summed E-state index contributed by atoms with van der Waals surface area (Å²) >= 11 is 0. The molecule has 17 heavy (non-hydrogen) atoms. The molecule has 0 fully saturated rings. The second-order valence-electron chi connectivity index (χ2n) is 3.60. The number of furan rings is 1. The predicted molar refractivity (Wildman–Crippen MR) is 61.1 cm³/mol. The van der Waals surface area contributed by atoms with E-state index in [0.717, 1.165) is 5.56 Å². The molecule has 0 amide bonds. The molecule has 0 aliphatic heterocycles. The summed E-state index contributed by atoms with van der Waals surface area (Å²) < 4.78 is 5.09. The molecule has 0 aliphatic carbocycles. The molecule has 0 radical (unpaired) electrons. The molecule has 0 spiro atoms. The van der Waals surface area contributed by atoms with E-state index < -0.39 is 5.97 Å². The molecule has 2 rings (SSSR count). The predicted octanol–water partition coefficient (Wildman–Crippen LogP) is 2.85. The molecule has 0 saturated heterocycles. The van der Waals surface area contributed by atoms with E-state index in [-0.39, 0.29) is 17.1 Å². The summed E-state index contributed by atoms with van der Waals surface area (Å²) in [4.78, 5) is 22.0. The molecule has 1 N–H and O–H groups in total. The quantitative estimate of drug-likeness (QED) is 0.823. The smallest absolute Gasteiger partial charge is 0.335 e. The third kappa shape index (κ3) is 2.10. The topological polar surface area (TPSA) is 67.5 Å². The first-order valence-electron chi connectivity index (χ1n) is 5.02. The Bertz CT molecular complexity index is 563. The zero-order valence-corrected chi connectivity index (χ0v) is 9.14. The Morgan fingerprint density at radius 3 is 2.29 bits per heavy atom. The zero-order valence-electron chi connectivity index (χ0n) is 9.14. The Kier molecular flexibility index (Phi) is 2.78. The molecule has 1 aromatic carbocycles. The van der Waals surface area contributed by atoms with Crippen molar-refractivity contribution in [1.82, 2.24) is 0 Å². The molecule has 4 nitrogen and oxygen atoms in total. The fourth-order valence-corrected chi connectivity index (χ4v) is 1.60. The van der Waals surface area contributed by atoms with Gasteiger partial charge < -0.3 is 9.52 Å². The van der Waals surface area contributed by atoms with Gasteiger partial charge >= 0.3 is 5.97 Å². The van der Waals surface area contributed by atoms with Gasteiger partial charge in [0.25, 0.3) is 0 Å². The Morgan fingerprint density at radius 1 is 1.12 bits per heavy atom. The Balaban J connectivity index is 2.43. The van der Waals surface area contributed by atoms with Gasteiger partial charge in [0, 0.05) is 12.5 Å². The van der Waals surface area contributed by atoms with Crippen molar-refractivity contribution in [2.75, 3.05) is 0 Å². The van der Waals surface area contributed by atoms with Crippen molar-refractivity contribution in [2.24, 2.45) is 0 Å². The number of carboxylic acid groups (broad SMARTS) is 1. The van der Waals surface area contributed by atoms with E-state index >= 15 is 0 Å². The standard InChI is InChI=1S/C13H10O4/c1-8(14)12-11(6-7-17-12)9-2-4-10(5-3-9)13(15)16/h2-7H,1H3,(H,15,16). The number of carboxylic acids is 1. The summed E-state index contributed by atoms with van der Waals surface area (Å²) in [5.74, 6) is -0.851. The highest BCUT2D eigenvalue weighted by atomic mass is 16.4. The maximum Gasteiger partial charge on any atom is 0.335 e. The number of Topliss-reactive ketones (excluding diaryl/α,β-unsaturated/α-hetero) is 1. The molecule has 1 aromatic heterocycles. The SMILES string of the molecule is CC(=O)c1occc1-c1ccc(C(=O)O)cc1. The van der Waals surface area contributed by atoms with Crippen LogP contribution in [0.15, 0.2) is 41.0 Å². The minimum atomic E-state index is -0.976. The van der Waals surface area contributed by atoms with Gasteiger partial charge in [-0.3, -0.25) is 4.79 Å². The number of aromatic carboxylic acids is 1. The van der Waals surface area contributed by atoms with E-state index in [1.54, 1.807) is 18.2 Å². The Hall–Kier alpha value is -2.36. The van der Waals surface area contributed by atoms with Crippen molar-refractivity contribution in [3.05, 3.63) is 47.9 Å². The Labute approximate surface area is 97.5 Å². The highest BCUT2D eigenvalue weighted by molar-refractivity contribution is 5.98. The van der Waals surface area contributed by atoms with Crippen LogP contribution in [0.5, 0.6) is 0 Å². The fraction of sp³-hybridized carbons (Fsp3) is 0.0769. The third-order valence-corrected chi connectivity index (χ3v) is 2.43. The summed E-state index contributed by atoms with van der Waals surface area (Å²) in [7, 11) is 0. The number of carbonyl (C=O) groups excluding carboxylic acids is 1. The molecule has 2 aromatic rings. The van der Waals surface area contributed by atoms with E-state index in [9.17, 15) is 9.59 Å². The number of rotatable bonds is 3. The van der Waals surface area contributed by atoms with Gasteiger partial charge in [-0.15, -0.1) is 0 Å². The normalized spacial score (nSPS) is 10.2. The van der Waals surface area contributed by atoms with Gasteiger partial charge in [0.15, 0.2) is 11.5 Å². The van der Waals surface area contributed by atoms with Crippen molar-refractivity contribution in [2.45, 2.75) is 6.92 Å². The second kappa shape index (κ2) is 4.25. The van der Waals surface area contributed by atoms with E-state index in [4.69, 9.17) is 9.52 Å². The van der Waals surface area contributed by atoms with Gasteiger partial charge in [-0.05, 0) is 23.8 Å². The van der Waals surface area contributed by atoms with Crippen LogP contribution >= 0.6 is 0 Å². The molecular weight excluding hydrogens is 220 g/mol. The Morgan fingerprint density at radius 2 is 1.76 bits per heavy atom. The van der Waals surface area contributed by atoms with Crippen LogP contribution in [-0.2, 0) is 0 Å². The van der Waals surface area contributed by atoms with Gasteiger partial charge in [0.1, 0.15) is 0 Å². The zero-order chi connectivity index (χ0) is 12.4. The second-order valence-corrected chi connectivity index (χ2v) is 3.60. The van der Waals surface area contributed by atoms with Gasteiger partial charge in [-0.2, -0.15) is 0 Å². The van der Waals surface area contributed by atoms with Crippen molar-refractivity contribution >= 4 is 11.8 Å². The average molecular weight is 230 g/mol. The highest BCUT2D eigenvalue weighted by Crippen LogP contribution is 2.25. The van der Waals surface area contributed by atoms with Crippen LogP contribution in [0, 0.1) is 0 Å². The minimum Gasteiger partial charge on any atom is -0.478 e. The molecular formula is C13H10O4. The van der Waals surface area contributed by atoms with Gasteiger partial charge in [0.05, 0.1) is 11.8 Å².